The van der Waals surface area contributed by atoms with Crippen molar-refractivity contribution in [2.45, 2.75) is 50.1 Å². The minimum atomic E-state index is -0.751. The number of benzene rings is 2. The third-order valence-electron chi connectivity index (χ3n) is 6.09. The Balaban J connectivity index is 1.66. The molecule has 0 radical (unpaired) electrons. The molecule has 2 aliphatic carbocycles. The first-order valence-corrected chi connectivity index (χ1v) is 9.16. The maximum absolute atomic E-state index is 6.71. The van der Waals surface area contributed by atoms with E-state index in [0.29, 0.717) is 0 Å². The topological polar surface area (TPSA) is 36.9 Å². The molecule has 2 bridgehead atoms. The van der Waals surface area contributed by atoms with E-state index in [0.717, 1.165) is 72.5 Å². The van der Waals surface area contributed by atoms with Gasteiger partial charge in [-0.3, -0.25) is 4.74 Å². The Hall–Kier alpha value is -2.20. The van der Waals surface area contributed by atoms with Gasteiger partial charge < -0.3 is 14.2 Å². The van der Waals surface area contributed by atoms with Crippen molar-refractivity contribution in [2.75, 3.05) is 7.11 Å². The quantitative estimate of drug-likeness (QED) is 0.783. The molecule has 2 aliphatic heterocycles. The van der Waals surface area contributed by atoms with Gasteiger partial charge >= 0.3 is 0 Å². The molecule has 4 aliphatic rings. The Bertz CT molecular complexity index is 905. The first-order chi connectivity index (χ1) is 12.2. The van der Waals surface area contributed by atoms with E-state index < -0.39 is 11.6 Å². The summed E-state index contributed by atoms with van der Waals surface area (Å²) in [4.78, 5) is 0. The molecule has 0 unspecified atom stereocenters. The molecule has 2 atom stereocenters. The van der Waals surface area contributed by atoms with Crippen LogP contribution >= 0.6 is 0 Å². The van der Waals surface area contributed by atoms with Crippen molar-refractivity contribution in [1.82, 2.24) is 0 Å². The van der Waals surface area contributed by atoms with Gasteiger partial charge in [0.1, 0.15) is 17.2 Å². The first-order valence-electron chi connectivity index (χ1n) is 9.16. The fraction of sp³-hybridized carbons (Fsp3) is 0.429. The van der Waals surface area contributed by atoms with Crippen LogP contribution in [0, 0.1) is 0 Å². The fourth-order valence-corrected chi connectivity index (χ4v) is 5.18. The van der Waals surface area contributed by atoms with Crippen LogP contribution in [0.2, 0.25) is 0 Å². The lowest BCUT2D eigenvalue weighted by Crippen LogP contribution is -2.57. The summed E-state index contributed by atoms with van der Waals surface area (Å²) in [6.07, 6.45) is 5.79. The van der Waals surface area contributed by atoms with Crippen molar-refractivity contribution in [1.29, 1.82) is 0 Å². The molecule has 6 rings (SSSR count). The third kappa shape index (κ3) is 1.61. The highest BCUT2D eigenvalue weighted by molar-refractivity contribution is 5.57. The zero-order chi connectivity index (χ0) is 16.6. The van der Waals surface area contributed by atoms with E-state index in [2.05, 4.69) is 18.2 Å². The van der Waals surface area contributed by atoms with E-state index in [1.807, 2.05) is 12.1 Å². The summed E-state index contributed by atoms with van der Waals surface area (Å²) in [5, 5.41) is 0. The van der Waals surface area contributed by atoms with Crippen molar-refractivity contribution >= 4 is 0 Å². The summed E-state index contributed by atoms with van der Waals surface area (Å²) < 4.78 is 25.5. The van der Waals surface area contributed by atoms with Crippen LogP contribution < -0.4 is 14.2 Å². The van der Waals surface area contributed by atoms with Gasteiger partial charge in [-0.1, -0.05) is 12.1 Å². The third-order valence-corrected chi connectivity index (χ3v) is 6.09. The zero-order valence-corrected chi connectivity index (χ0v) is 14.3. The predicted molar refractivity (Wildman–Crippen MR) is 91.0 cm³/mol. The van der Waals surface area contributed by atoms with Crippen LogP contribution in [0.25, 0.3) is 0 Å². The summed E-state index contributed by atoms with van der Waals surface area (Å²) in [5.74, 6) is 1.25. The monoisotopic (exact) mass is 336 g/mol. The fourth-order valence-electron chi connectivity index (χ4n) is 5.18. The van der Waals surface area contributed by atoms with Gasteiger partial charge in [0.2, 0.25) is 11.6 Å². The second-order valence-electron chi connectivity index (χ2n) is 7.43. The molecule has 128 valence electrons. The summed E-state index contributed by atoms with van der Waals surface area (Å²) in [6.45, 7) is 0. The molecule has 2 aromatic rings. The van der Waals surface area contributed by atoms with E-state index in [1.165, 1.54) is 5.56 Å². The Labute approximate surface area is 146 Å². The molecule has 0 aromatic heterocycles. The van der Waals surface area contributed by atoms with Crippen LogP contribution in [0.4, 0.5) is 0 Å². The summed E-state index contributed by atoms with van der Waals surface area (Å²) in [5.41, 5.74) is 4.58. The Morgan fingerprint density at radius 3 is 2.48 bits per heavy atom. The van der Waals surface area contributed by atoms with Crippen LogP contribution in [-0.2, 0) is 29.2 Å². The molecule has 0 saturated heterocycles. The molecule has 4 heteroatoms. The molecule has 2 spiro atoms. The van der Waals surface area contributed by atoms with Crippen molar-refractivity contribution in [2.24, 2.45) is 0 Å². The molecule has 0 saturated carbocycles. The summed E-state index contributed by atoms with van der Waals surface area (Å²) in [6, 6.07) is 10.4. The molecule has 0 N–H and O–H groups in total. The highest BCUT2D eigenvalue weighted by Crippen LogP contribution is 2.61. The number of hydrogen-bond acceptors (Lipinski definition) is 4. The van der Waals surface area contributed by atoms with Crippen molar-refractivity contribution in [3.8, 4) is 17.2 Å². The molecule has 25 heavy (non-hydrogen) atoms. The van der Waals surface area contributed by atoms with Gasteiger partial charge in [0.15, 0.2) is 0 Å². The number of ether oxygens (including phenoxy) is 4. The van der Waals surface area contributed by atoms with Crippen molar-refractivity contribution in [3.63, 3.8) is 0 Å². The van der Waals surface area contributed by atoms with Gasteiger partial charge in [0, 0.05) is 18.4 Å². The highest BCUT2D eigenvalue weighted by atomic mass is 16.8. The van der Waals surface area contributed by atoms with Gasteiger partial charge in [-0.15, -0.1) is 0 Å². The van der Waals surface area contributed by atoms with Crippen LogP contribution in [0.15, 0.2) is 30.3 Å². The Morgan fingerprint density at radius 1 is 0.880 bits per heavy atom. The summed E-state index contributed by atoms with van der Waals surface area (Å²) in [7, 11) is 1.72. The predicted octanol–water partition coefficient (Wildman–Crippen LogP) is 4.18. The van der Waals surface area contributed by atoms with Gasteiger partial charge in [0.05, 0.1) is 18.2 Å². The van der Waals surface area contributed by atoms with Crippen LogP contribution in [0.3, 0.4) is 0 Å². The lowest BCUT2D eigenvalue weighted by atomic mass is 9.79. The van der Waals surface area contributed by atoms with Crippen LogP contribution in [-0.4, -0.2) is 7.11 Å². The largest absolute Gasteiger partial charge is 0.496 e. The van der Waals surface area contributed by atoms with E-state index in [-0.39, 0.29) is 0 Å². The Kier molecular flexibility index (Phi) is 2.52. The van der Waals surface area contributed by atoms with Crippen molar-refractivity contribution in [3.05, 3.63) is 52.6 Å². The van der Waals surface area contributed by atoms with Gasteiger partial charge in [-0.05, 0) is 49.4 Å². The van der Waals surface area contributed by atoms with E-state index >= 15 is 0 Å². The zero-order valence-electron chi connectivity index (χ0n) is 14.3. The number of methoxy groups -OCH3 is 1. The SMILES string of the molecule is COc1ccc2c3c1CCC[C@]31Oc3cccc4c3[C@](CCC4)(O2)O1. The highest BCUT2D eigenvalue weighted by Gasteiger charge is 2.60. The minimum absolute atomic E-state index is 0.710. The number of hydrogen-bond donors (Lipinski definition) is 0. The molecular weight excluding hydrogens is 316 g/mol. The van der Waals surface area contributed by atoms with Gasteiger partial charge in [-0.2, -0.15) is 0 Å². The number of aryl methyl sites for hydroxylation is 1. The van der Waals surface area contributed by atoms with Crippen molar-refractivity contribution < 1.29 is 18.9 Å². The minimum Gasteiger partial charge on any atom is -0.496 e. The van der Waals surface area contributed by atoms with E-state index in [1.54, 1.807) is 7.11 Å². The average Bonchev–Trinajstić information content (AvgIpc) is 2.61. The summed E-state index contributed by atoms with van der Waals surface area (Å²) >= 11 is 0. The van der Waals surface area contributed by atoms with E-state index in [9.17, 15) is 0 Å². The second-order valence-corrected chi connectivity index (χ2v) is 7.43. The van der Waals surface area contributed by atoms with E-state index in [4.69, 9.17) is 18.9 Å². The normalized spacial score (nSPS) is 30.4. The number of rotatable bonds is 1. The van der Waals surface area contributed by atoms with Gasteiger partial charge in [0.25, 0.3) is 0 Å². The lowest BCUT2D eigenvalue weighted by Gasteiger charge is -2.55. The maximum Gasteiger partial charge on any atom is 0.245 e. The standard InChI is InChI=1S/C21H20O4/c1-22-15-9-10-17-19-14(15)7-4-12-21(19)23-16-8-2-5-13-6-3-11-20(24-17,25-21)18(13)16/h2,5,8-10H,3-4,6-7,11-12H2,1H3/t20-,21-/m1/s1. The van der Waals surface area contributed by atoms with Crippen LogP contribution in [0.5, 0.6) is 17.2 Å². The van der Waals surface area contributed by atoms with Gasteiger partial charge in [-0.25, -0.2) is 0 Å². The molecule has 4 nitrogen and oxygen atoms in total. The molecule has 2 heterocycles. The average molecular weight is 336 g/mol. The van der Waals surface area contributed by atoms with Crippen LogP contribution in [0.1, 0.15) is 47.9 Å². The maximum atomic E-state index is 6.71. The molecule has 0 amide bonds. The lowest BCUT2D eigenvalue weighted by molar-refractivity contribution is -0.366. The molecule has 0 fully saturated rings. The Morgan fingerprint density at radius 2 is 1.64 bits per heavy atom. The smallest absolute Gasteiger partial charge is 0.245 e. The second kappa shape index (κ2) is 4.50. The molecular formula is C21H20O4. The first kappa shape index (κ1) is 14.0. The molecule has 2 aromatic carbocycles.